The molecule has 7 heteroatoms. The van der Waals surface area contributed by atoms with Crippen molar-refractivity contribution in [1.29, 1.82) is 0 Å². The predicted octanol–water partition coefficient (Wildman–Crippen LogP) is 5.38. The average molecular weight is 439 g/mol. The number of carboxylic acid groups (broad SMARTS) is 2. The second kappa shape index (κ2) is 10.2. The van der Waals surface area contributed by atoms with Gasteiger partial charge in [0.05, 0.1) is 27.9 Å². The fourth-order valence-electron chi connectivity index (χ4n) is 3.54. The third-order valence-corrected chi connectivity index (χ3v) is 6.17. The van der Waals surface area contributed by atoms with Crippen LogP contribution in [0.1, 0.15) is 53.3 Å². The summed E-state index contributed by atoms with van der Waals surface area (Å²) >= 11 is 1.41. The number of nitrogens with zero attached hydrogens (tertiary/aromatic N) is 2. The first-order valence-electron chi connectivity index (χ1n) is 10.3. The first-order valence-corrected chi connectivity index (χ1v) is 11.2. The molecule has 0 saturated heterocycles. The number of aliphatic carboxylic acids is 1. The molecule has 2 aromatic heterocycles. The number of aryl methyl sites for hydroxylation is 2. The molecule has 0 saturated carbocycles. The van der Waals surface area contributed by atoms with Gasteiger partial charge in [-0.25, -0.2) is 14.6 Å². The molecule has 2 heterocycles. The Hall–Kier alpha value is -3.19. The summed E-state index contributed by atoms with van der Waals surface area (Å²) in [7, 11) is 0. The van der Waals surface area contributed by atoms with Crippen molar-refractivity contribution in [2.45, 2.75) is 46.1 Å². The van der Waals surface area contributed by atoms with Crippen LogP contribution in [0.4, 0.5) is 0 Å². The Morgan fingerprint density at radius 1 is 1.13 bits per heavy atom. The molecule has 0 aliphatic rings. The molecular formula is C24H26N2O4S. The standard InChI is InChI=1S/C24H26N2O4S/c1-3-5-6-21-25-15-20(19-12-14-31-22(19)18(4-2)24(29)30)26(21)13-11-16-7-9-17(10-8-16)23(27)28/h4,7-10,12,14-15H,3,5-6,11,13H2,1-2H3,(H,27,28)(H,29,30). The summed E-state index contributed by atoms with van der Waals surface area (Å²) in [6.45, 7) is 4.55. The summed E-state index contributed by atoms with van der Waals surface area (Å²) in [6.07, 6.45) is 7.11. The number of rotatable bonds is 10. The number of aromatic nitrogens is 2. The molecule has 0 fully saturated rings. The van der Waals surface area contributed by atoms with E-state index in [1.54, 1.807) is 25.1 Å². The minimum absolute atomic E-state index is 0.270. The van der Waals surface area contributed by atoms with Crippen LogP contribution in [-0.2, 0) is 24.2 Å². The van der Waals surface area contributed by atoms with Gasteiger partial charge in [-0.3, -0.25) is 0 Å². The van der Waals surface area contributed by atoms with Gasteiger partial charge < -0.3 is 14.8 Å². The van der Waals surface area contributed by atoms with E-state index in [0.29, 0.717) is 6.54 Å². The van der Waals surface area contributed by atoms with Gasteiger partial charge in [0, 0.05) is 18.5 Å². The minimum atomic E-state index is -0.943. The van der Waals surface area contributed by atoms with Gasteiger partial charge in [0.2, 0.25) is 0 Å². The number of unbranched alkanes of at least 4 members (excludes halogenated alkanes) is 1. The summed E-state index contributed by atoms with van der Waals surface area (Å²) < 4.78 is 2.17. The van der Waals surface area contributed by atoms with Crippen molar-refractivity contribution in [3.05, 3.63) is 69.8 Å². The highest BCUT2D eigenvalue weighted by atomic mass is 32.1. The van der Waals surface area contributed by atoms with Crippen molar-refractivity contribution < 1.29 is 19.8 Å². The third-order valence-electron chi connectivity index (χ3n) is 5.22. The SMILES string of the molecule is CC=C(C(=O)O)c1sccc1-c1cnc(CCCC)n1CCc1ccc(C(=O)O)cc1. The quantitative estimate of drug-likeness (QED) is 0.415. The zero-order valence-corrected chi connectivity index (χ0v) is 18.5. The van der Waals surface area contributed by atoms with Gasteiger partial charge in [-0.05, 0) is 48.9 Å². The van der Waals surface area contributed by atoms with Crippen LogP contribution in [0, 0.1) is 0 Å². The Kier molecular flexibility index (Phi) is 7.41. The van der Waals surface area contributed by atoms with Gasteiger partial charge in [0.25, 0.3) is 0 Å². The van der Waals surface area contributed by atoms with Gasteiger partial charge in [-0.15, -0.1) is 11.3 Å². The molecule has 31 heavy (non-hydrogen) atoms. The molecule has 0 radical (unpaired) electrons. The lowest BCUT2D eigenvalue weighted by atomic mass is 10.1. The third kappa shape index (κ3) is 5.11. The Labute approximate surface area is 185 Å². The topological polar surface area (TPSA) is 92.4 Å². The number of benzene rings is 1. The number of carboxylic acids is 2. The number of imidazole rings is 1. The summed E-state index contributed by atoms with van der Waals surface area (Å²) in [5, 5.41) is 20.6. The highest BCUT2D eigenvalue weighted by Gasteiger charge is 2.20. The number of allylic oxidation sites excluding steroid dienone is 1. The van der Waals surface area contributed by atoms with Gasteiger partial charge in [-0.2, -0.15) is 0 Å². The molecule has 3 rings (SSSR count). The van der Waals surface area contributed by atoms with Crippen LogP contribution in [0.25, 0.3) is 16.8 Å². The second-order valence-electron chi connectivity index (χ2n) is 7.24. The maximum Gasteiger partial charge on any atom is 0.336 e. The molecule has 0 aliphatic heterocycles. The van der Waals surface area contributed by atoms with E-state index in [1.165, 1.54) is 11.3 Å². The zero-order valence-electron chi connectivity index (χ0n) is 17.7. The highest BCUT2D eigenvalue weighted by molar-refractivity contribution is 7.12. The van der Waals surface area contributed by atoms with Crippen LogP contribution in [0.5, 0.6) is 0 Å². The molecule has 0 aliphatic carbocycles. The average Bonchev–Trinajstić information content (AvgIpc) is 3.38. The Balaban J connectivity index is 1.94. The molecule has 6 nitrogen and oxygen atoms in total. The van der Waals surface area contributed by atoms with Crippen LogP contribution in [0.3, 0.4) is 0 Å². The van der Waals surface area contributed by atoms with Crippen molar-refractivity contribution in [3.63, 3.8) is 0 Å². The Morgan fingerprint density at radius 3 is 2.48 bits per heavy atom. The summed E-state index contributed by atoms with van der Waals surface area (Å²) in [5.74, 6) is -0.899. The van der Waals surface area contributed by atoms with Crippen molar-refractivity contribution in [2.75, 3.05) is 0 Å². The van der Waals surface area contributed by atoms with Crippen LogP contribution in [-0.4, -0.2) is 31.7 Å². The molecule has 0 amide bonds. The van der Waals surface area contributed by atoms with Gasteiger partial charge >= 0.3 is 11.9 Å². The maximum absolute atomic E-state index is 11.7. The zero-order chi connectivity index (χ0) is 22.4. The predicted molar refractivity (Wildman–Crippen MR) is 123 cm³/mol. The molecule has 1 aromatic carbocycles. The van der Waals surface area contributed by atoms with E-state index in [9.17, 15) is 14.7 Å². The van der Waals surface area contributed by atoms with E-state index in [2.05, 4.69) is 16.5 Å². The molecule has 2 N–H and O–H groups in total. The summed E-state index contributed by atoms with van der Waals surface area (Å²) in [5.41, 5.74) is 3.38. The monoisotopic (exact) mass is 438 g/mol. The molecule has 0 bridgehead atoms. The molecular weight excluding hydrogens is 412 g/mol. The largest absolute Gasteiger partial charge is 0.478 e. The molecule has 0 atom stereocenters. The number of thiophene rings is 1. The lowest BCUT2D eigenvalue weighted by molar-refractivity contribution is -0.130. The second-order valence-corrected chi connectivity index (χ2v) is 8.15. The maximum atomic E-state index is 11.7. The van der Waals surface area contributed by atoms with Crippen molar-refractivity contribution in [1.82, 2.24) is 9.55 Å². The van der Waals surface area contributed by atoms with E-state index >= 15 is 0 Å². The lowest BCUT2D eigenvalue weighted by Gasteiger charge is -2.13. The van der Waals surface area contributed by atoms with Crippen molar-refractivity contribution in [2.24, 2.45) is 0 Å². The normalized spacial score (nSPS) is 11.6. The number of carbonyl (C=O) groups is 2. The van der Waals surface area contributed by atoms with Gasteiger partial charge in [0.15, 0.2) is 0 Å². The number of hydrogen-bond donors (Lipinski definition) is 2. The molecule has 162 valence electrons. The fourth-order valence-corrected chi connectivity index (χ4v) is 4.51. The van der Waals surface area contributed by atoms with E-state index in [0.717, 1.165) is 53.2 Å². The Morgan fingerprint density at radius 2 is 1.87 bits per heavy atom. The summed E-state index contributed by atoms with van der Waals surface area (Å²) in [6, 6.07) is 8.86. The van der Waals surface area contributed by atoms with Gasteiger partial charge in [-0.1, -0.05) is 31.6 Å². The van der Waals surface area contributed by atoms with Crippen LogP contribution < -0.4 is 0 Å². The Bertz CT molecular complexity index is 1090. The van der Waals surface area contributed by atoms with E-state index < -0.39 is 11.9 Å². The fraction of sp³-hybridized carbons (Fsp3) is 0.292. The molecule has 0 spiro atoms. The molecule has 3 aromatic rings. The van der Waals surface area contributed by atoms with Crippen molar-refractivity contribution in [3.8, 4) is 11.3 Å². The summed E-state index contributed by atoms with van der Waals surface area (Å²) in [4.78, 5) is 28.2. The smallest absolute Gasteiger partial charge is 0.336 e. The van der Waals surface area contributed by atoms with E-state index in [4.69, 9.17) is 5.11 Å². The first kappa shape index (κ1) is 22.5. The number of hydrogen-bond acceptors (Lipinski definition) is 4. The molecule has 0 unspecified atom stereocenters. The van der Waals surface area contributed by atoms with E-state index in [1.807, 2.05) is 29.8 Å². The van der Waals surface area contributed by atoms with Gasteiger partial charge in [0.1, 0.15) is 5.82 Å². The minimum Gasteiger partial charge on any atom is -0.478 e. The lowest BCUT2D eigenvalue weighted by Crippen LogP contribution is -2.09. The highest BCUT2D eigenvalue weighted by Crippen LogP contribution is 2.34. The van der Waals surface area contributed by atoms with E-state index in [-0.39, 0.29) is 11.1 Å². The first-order chi connectivity index (χ1) is 15.0. The van der Waals surface area contributed by atoms with Crippen LogP contribution in [0.2, 0.25) is 0 Å². The van der Waals surface area contributed by atoms with Crippen LogP contribution >= 0.6 is 11.3 Å². The van der Waals surface area contributed by atoms with Crippen LogP contribution in [0.15, 0.2) is 48.0 Å². The van der Waals surface area contributed by atoms with Crippen molar-refractivity contribution >= 4 is 28.8 Å². The number of aromatic carboxylic acids is 1.